The maximum atomic E-state index is 13.1. The molecule has 2 aliphatic heterocycles. The molecular weight excluding hydrogens is 488 g/mol. The van der Waals surface area contributed by atoms with Gasteiger partial charge in [-0.1, -0.05) is 12.1 Å². The summed E-state index contributed by atoms with van der Waals surface area (Å²) < 4.78 is 11.1. The molecule has 1 atom stereocenters. The Labute approximate surface area is 230 Å². The maximum Gasteiger partial charge on any atom is 0.253 e. The summed E-state index contributed by atoms with van der Waals surface area (Å²) in [5.41, 5.74) is 5.74. The van der Waals surface area contributed by atoms with Crippen molar-refractivity contribution in [3.63, 3.8) is 0 Å². The maximum absolute atomic E-state index is 13.1. The molecule has 1 aromatic heterocycles. The van der Waals surface area contributed by atoms with Crippen LogP contribution in [0.15, 0.2) is 42.6 Å². The summed E-state index contributed by atoms with van der Waals surface area (Å²) in [6.45, 7) is 6.07. The van der Waals surface area contributed by atoms with Crippen LogP contribution in [0, 0.1) is 35.5 Å². The molecule has 0 radical (unpaired) electrons. The van der Waals surface area contributed by atoms with Crippen molar-refractivity contribution >= 4 is 16.8 Å². The van der Waals surface area contributed by atoms with Gasteiger partial charge in [-0.2, -0.15) is 5.26 Å². The topological polar surface area (TPSA) is 81.6 Å². The molecule has 1 aliphatic carbocycles. The highest BCUT2D eigenvalue weighted by atomic mass is 16.5. The van der Waals surface area contributed by atoms with E-state index in [1.807, 2.05) is 30.3 Å². The number of hydrogen-bond donors (Lipinski definition) is 1. The number of H-pyrrole nitrogens is 1. The predicted molar refractivity (Wildman–Crippen MR) is 150 cm³/mol. The largest absolute Gasteiger partial charge is 0.496 e. The summed E-state index contributed by atoms with van der Waals surface area (Å²) in [6.07, 6.45) is 6.14. The van der Waals surface area contributed by atoms with Crippen LogP contribution >= 0.6 is 0 Å². The van der Waals surface area contributed by atoms with E-state index in [-0.39, 0.29) is 23.3 Å². The molecule has 3 aromatic rings. The van der Waals surface area contributed by atoms with Gasteiger partial charge in [0.15, 0.2) is 0 Å². The van der Waals surface area contributed by atoms with Gasteiger partial charge in [0.2, 0.25) is 0 Å². The van der Waals surface area contributed by atoms with Crippen LogP contribution in [0.1, 0.15) is 58.8 Å². The summed E-state index contributed by atoms with van der Waals surface area (Å²) in [6, 6.07) is 15.2. The number of likely N-dealkylation sites (tertiary alicyclic amines) is 1. The van der Waals surface area contributed by atoms with Gasteiger partial charge in [-0.15, -0.1) is 0 Å². The van der Waals surface area contributed by atoms with E-state index in [2.05, 4.69) is 47.1 Å². The number of aryl methyl sites for hydroxylation is 1. The van der Waals surface area contributed by atoms with Crippen molar-refractivity contribution < 1.29 is 14.3 Å². The second-order valence-electron chi connectivity index (χ2n) is 12.0. The Morgan fingerprint density at radius 2 is 2.00 bits per heavy atom. The molecule has 204 valence electrons. The fourth-order valence-electron chi connectivity index (χ4n) is 7.06. The lowest BCUT2D eigenvalue weighted by Crippen LogP contribution is -2.48. The van der Waals surface area contributed by atoms with E-state index in [1.54, 1.807) is 7.11 Å². The Hall–Kier alpha value is -3.34. The van der Waals surface area contributed by atoms with Crippen LogP contribution < -0.4 is 4.74 Å². The highest BCUT2D eigenvalue weighted by Crippen LogP contribution is 2.56. The van der Waals surface area contributed by atoms with E-state index >= 15 is 0 Å². The molecule has 3 aliphatic rings. The van der Waals surface area contributed by atoms with Gasteiger partial charge >= 0.3 is 0 Å². The number of nitriles is 1. The number of fused-ring (bicyclic) bond motifs is 1. The van der Waals surface area contributed by atoms with E-state index in [9.17, 15) is 10.1 Å². The van der Waals surface area contributed by atoms with Crippen LogP contribution in [0.4, 0.5) is 0 Å². The number of ether oxygens (including phenoxy) is 2. The first-order chi connectivity index (χ1) is 18.9. The minimum Gasteiger partial charge on any atom is -0.496 e. The van der Waals surface area contributed by atoms with Crippen LogP contribution in [0.2, 0.25) is 0 Å². The van der Waals surface area contributed by atoms with Gasteiger partial charge in [0, 0.05) is 66.2 Å². The molecule has 39 heavy (non-hydrogen) atoms. The molecule has 0 bridgehead atoms. The van der Waals surface area contributed by atoms with Crippen molar-refractivity contribution in [3.05, 3.63) is 64.8 Å². The predicted octanol–water partition coefficient (Wildman–Crippen LogP) is 5.46. The van der Waals surface area contributed by atoms with Crippen LogP contribution in [0.3, 0.4) is 0 Å². The third-order valence-corrected chi connectivity index (χ3v) is 9.36. The Kier molecular flexibility index (Phi) is 6.86. The smallest absolute Gasteiger partial charge is 0.253 e. The number of carbonyl (C=O) groups is 1. The third-order valence-electron chi connectivity index (χ3n) is 9.36. The van der Waals surface area contributed by atoms with E-state index in [4.69, 9.17) is 9.47 Å². The van der Waals surface area contributed by atoms with Crippen LogP contribution in [0.5, 0.6) is 5.75 Å². The zero-order chi connectivity index (χ0) is 27.1. The summed E-state index contributed by atoms with van der Waals surface area (Å²) in [5, 5.41) is 10.7. The number of carbonyl (C=O) groups excluding carboxylic acids is 1. The monoisotopic (exact) mass is 526 g/mol. The lowest BCUT2D eigenvalue weighted by atomic mass is 9.56. The fourth-order valence-corrected chi connectivity index (χ4v) is 7.06. The normalized spacial score (nSPS) is 25.2. The first-order valence-corrected chi connectivity index (χ1v) is 14.1. The second kappa shape index (κ2) is 10.3. The lowest BCUT2D eigenvalue weighted by Gasteiger charge is -2.53. The van der Waals surface area contributed by atoms with Crippen LogP contribution in [0.25, 0.3) is 10.9 Å². The number of aromatic amines is 1. The number of benzene rings is 2. The fraction of sp³-hybridized carbons (Fsp3) is 0.500. The molecule has 7 heteroatoms. The zero-order valence-corrected chi connectivity index (χ0v) is 23.2. The number of nitrogens with one attached hydrogen (secondary N) is 1. The van der Waals surface area contributed by atoms with Crippen molar-refractivity contribution in [2.24, 2.45) is 17.3 Å². The molecule has 7 nitrogen and oxygen atoms in total. The molecule has 2 saturated heterocycles. The van der Waals surface area contributed by atoms with Gasteiger partial charge in [0.1, 0.15) is 5.75 Å². The average molecular weight is 527 g/mol. The number of aromatic nitrogens is 1. The minimum absolute atomic E-state index is 0.0560. The van der Waals surface area contributed by atoms with Crippen molar-refractivity contribution in [1.82, 2.24) is 14.8 Å². The van der Waals surface area contributed by atoms with E-state index in [0.29, 0.717) is 5.92 Å². The quantitative estimate of drug-likeness (QED) is 0.442. The lowest BCUT2D eigenvalue weighted by molar-refractivity contribution is -0.0411. The van der Waals surface area contributed by atoms with Gasteiger partial charge in [-0.3, -0.25) is 9.69 Å². The van der Waals surface area contributed by atoms with Gasteiger partial charge in [-0.25, -0.2) is 0 Å². The standard InChI is InChI=1S/C32H38N4O3/c1-21-12-29(38-3)27(26-8-10-34-30(21)26)18-36-11-9-32(13-22(14-32)16-33)15-28(36)24-4-6-25(7-5-24)31(37)35(2)17-23-19-39-20-23/h4-8,10,12,22-23,28,34H,9,11,13-15,17-20H2,1-3H3. The Morgan fingerprint density at radius 3 is 2.67 bits per heavy atom. The van der Waals surface area contributed by atoms with E-state index in [0.717, 1.165) is 75.4 Å². The number of methoxy groups -OCH3 is 1. The zero-order valence-electron chi connectivity index (χ0n) is 23.2. The van der Waals surface area contributed by atoms with Crippen molar-refractivity contribution in [1.29, 1.82) is 5.26 Å². The van der Waals surface area contributed by atoms with E-state index < -0.39 is 0 Å². The Balaban J connectivity index is 1.27. The molecule has 1 spiro atoms. The molecule has 1 saturated carbocycles. The summed E-state index contributed by atoms with van der Waals surface area (Å²) in [5.74, 6) is 1.61. The van der Waals surface area contributed by atoms with Gasteiger partial charge in [0.05, 0.1) is 26.4 Å². The summed E-state index contributed by atoms with van der Waals surface area (Å²) in [4.78, 5) is 20.9. The molecule has 3 fully saturated rings. The molecule has 1 amide bonds. The number of hydrogen-bond acceptors (Lipinski definition) is 5. The van der Waals surface area contributed by atoms with Gasteiger partial charge in [-0.05, 0) is 80.0 Å². The minimum atomic E-state index is 0.0560. The van der Waals surface area contributed by atoms with Gasteiger partial charge < -0.3 is 19.4 Å². The van der Waals surface area contributed by atoms with Crippen LogP contribution in [-0.4, -0.2) is 61.2 Å². The molecule has 6 rings (SSSR count). The molecule has 1 N–H and O–H groups in total. The average Bonchev–Trinajstić information content (AvgIpc) is 3.41. The highest BCUT2D eigenvalue weighted by Gasteiger charge is 2.49. The number of amides is 1. The summed E-state index contributed by atoms with van der Waals surface area (Å²) in [7, 11) is 3.63. The first kappa shape index (κ1) is 25.9. The van der Waals surface area contributed by atoms with Crippen LogP contribution in [-0.2, 0) is 11.3 Å². The summed E-state index contributed by atoms with van der Waals surface area (Å²) >= 11 is 0. The van der Waals surface area contributed by atoms with E-state index in [1.165, 1.54) is 22.1 Å². The number of rotatable bonds is 7. The number of nitrogens with zero attached hydrogens (tertiary/aromatic N) is 3. The molecular formula is C32H38N4O3. The molecule has 2 aromatic carbocycles. The molecule has 1 unspecified atom stereocenters. The Bertz CT molecular complexity index is 1400. The first-order valence-electron chi connectivity index (χ1n) is 14.1. The second-order valence-corrected chi connectivity index (χ2v) is 12.0. The SMILES string of the molecule is COc1cc(C)c2[nH]ccc2c1CN1CCC2(CC(C#N)C2)CC1c1ccc(C(=O)N(C)CC2COC2)cc1. The highest BCUT2D eigenvalue weighted by molar-refractivity contribution is 5.94. The van der Waals surface area contributed by atoms with Crippen molar-refractivity contribution in [2.45, 2.75) is 45.2 Å². The molecule has 3 heterocycles. The number of piperidine rings is 1. The third kappa shape index (κ3) is 4.81. The Morgan fingerprint density at radius 1 is 1.23 bits per heavy atom. The van der Waals surface area contributed by atoms with Gasteiger partial charge in [0.25, 0.3) is 5.91 Å². The van der Waals surface area contributed by atoms with Crippen molar-refractivity contribution in [3.8, 4) is 11.8 Å². The van der Waals surface area contributed by atoms with Crippen molar-refractivity contribution in [2.75, 3.05) is 40.5 Å².